The Hall–Kier alpha value is -2.26. The van der Waals surface area contributed by atoms with E-state index in [-0.39, 0.29) is 0 Å². The van der Waals surface area contributed by atoms with Crippen LogP contribution in [0.5, 0.6) is 5.75 Å². The van der Waals surface area contributed by atoms with E-state index in [1.54, 1.807) is 0 Å². The molecule has 0 N–H and O–H groups in total. The van der Waals surface area contributed by atoms with Crippen LogP contribution in [0, 0.1) is 0 Å². The molecule has 0 saturated heterocycles. The maximum absolute atomic E-state index is 6.11. The molecule has 4 heteroatoms. The van der Waals surface area contributed by atoms with Gasteiger partial charge in [0, 0.05) is 28.6 Å². The molecule has 0 radical (unpaired) electrons. The molecule has 0 atom stereocenters. The summed E-state index contributed by atoms with van der Waals surface area (Å²) in [6, 6.07) is 15.5. The van der Waals surface area contributed by atoms with E-state index >= 15 is 0 Å². The minimum Gasteiger partial charge on any atom is -0.494 e. The van der Waals surface area contributed by atoms with Crippen LogP contribution in [0.25, 0.3) is 22.3 Å². The number of hydrogen-bond donors (Lipinski definition) is 0. The SMILES string of the molecule is CCCCN=c1cc(-c2ccc(Cl)cc2)oc2ccc(OCC)cc12. The van der Waals surface area contributed by atoms with Crippen molar-refractivity contribution >= 4 is 22.6 Å². The van der Waals surface area contributed by atoms with Gasteiger partial charge in [-0.15, -0.1) is 0 Å². The molecule has 0 bridgehead atoms. The molecule has 0 unspecified atom stereocenters. The molecule has 1 heterocycles. The summed E-state index contributed by atoms with van der Waals surface area (Å²) in [4.78, 5) is 4.79. The van der Waals surface area contributed by atoms with Crippen molar-refractivity contribution in [1.29, 1.82) is 0 Å². The summed E-state index contributed by atoms with van der Waals surface area (Å²) in [6.07, 6.45) is 2.18. The second-order valence-corrected chi connectivity index (χ2v) is 6.27. The van der Waals surface area contributed by atoms with Crippen molar-refractivity contribution in [1.82, 2.24) is 0 Å². The first-order valence-corrected chi connectivity index (χ1v) is 9.06. The van der Waals surface area contributed by atoms with Crippen LogP contribution in [-0.4, -0.2) is 13.2 Å². The van der Waals surface area contributed by atoms with Gasteiger partial charge < -0.3 is 9.15 Å². The zero-order valence-electron chi connectivity index (χ0n) is 14.6. The van der Waals surface area contributed by atoms with Gasteiger partial charge in [-0.2, -0.15) is 0 Å². The van der Waals surface area contributed by atoms with E-state index < -0.39 is 0 Å². The number of nitrogens with zero attached hydrogens (tertiary/aromatic N) is 1. The quantitative estimate of drug-likeness (QED) is 0.519. The van der Waals surface area contributed by atoms with Crippen LogP contribution in [0.15, 0.2) is 57.9 Å². The minimum atomic E-state index is 0.633. The predicted molar refractivity (Wildman–Crippen MR) is 103 cm³/mol. The summed E-state index contributed by atoms with van der Waals surface area (Å²) in [5.74, 6) is 1.61. The van der Waals surface area contributed by atoms with E-state index in [9.17, 15) is 0 Å². The molecule has 3 aromatic rings. The maximum Gasteiger partial charge on any atom is 0.137 e. The van der Waals surface area contributed by atoms with Gasteiger partial charge in [0.25, 0.3) is 0 Å². The van der Waals surface area contributed by atoms with Crippen molar-refractivity contribution in [3.05, 3.63) is 58.9 Å². The largest absolute Gasteiger partial charge is 0.494 e. The van der Waals surface area contributed by atoms with Gasteiger partial charge in [-0.1, -0.05) is 24.9 Å². The summed E-state index contributed by atoms with van der Waals surface area (Å²) in [6.45, 7) is 5.58. The molecule has 0 fully saturated rings. The third-order valence-electron chi connectivity index (χ3n) is 3.95. The van der Waals surface area contributed by atoms with Crippen LogP contribution in [-0.2, 0) is 0 Å². The number of unbranched alkanes of at least 4 members (excludes halogenated alkanes) is 1. The van der Waals surface area contributed by atoms with Crippen LogP contribution in [0.1, 0.15) is 26.7 Å². The van der Waals surface area contributed by atoms with Crippen LogP contribution in [0.3, 0.4) is 0 Å². The second-order valence-electron chi connectivity index (χ2n) is 5.83. The van der Waals surface area contributed by atoms with Gasteiger partial charge in [-0.3, -0.25) is 4.99 Å². The summed E-state index contributed by atoms with van der Waals surface area (Å²) in [5.41, 5.74) is 1.78. The van der Waals surface area contributed by atoms with Crippen molar-refractivity contribution < 1.29 is 9.15 Å². The topological polar surface area (TPSA) is 34.7 Å². The number of benzene rings is 2. The number of halogens is 1. The van der Waals surface area contributed by atoms with Gasteiger partial charge in [-0.25, -0.2) is 0 Å². The molecule has 1 aromatic heterocycles. The average Bonchev–Trinajstić information content (AvgIpc) is 2.63. The highest BCUT2D eigenvalue weighted by molar-refractivity contribution is 6.30. The molecular weight excluding hydrogens is 334 g/mol. The molecular formula is C21H22ClNO2. The third kappa shape index (κ3) is 4.23. The maximum atomic E-state index is 6.11. The number of hydrogen-bond acceptors (Lipinski definition) is 3. The van der Waals surface area contributed by atoms with Gasteiger partial charge in [0.2, 0.25) is 0 Å². The molecule has 25 heavy (non-hydrogen) atoms. The standard InChI is InChI=1S/C21H22ClNO2/c1-3-5-12-23-19-14-21(15-6-8-16(22)9-7-15)25-20-11-10-17(24-4-2)13-18(19)20/h6-11,13-14H,3-5,12H2,1-2H3. The van der Waals surface area contributed by atoms with Crippen LogP contribution < -0.4 is 10.1 Å². The first-order valence-electron chi connectivity index (χ1n) is 8.68. The normalized spacial score (nSPS) is 11.9. The van der Waals surface area contributed by atoms with Crippen molar-refractivity contribution in [3.63, 3.8) is 0 Å². The fraction of sp³-hybridized carbons (Fsp3) is 0.286. The lowest BCUT2D eigenvalue weighted by Crippen LogP contribution is -2.06. The summed E-state index contributed by atoms with van der Waals surface area (Å²) >= 11 is 5.99. The van der Waals surface area contributed by atoms with Crippen LogP contribution in [0.4, 0.5) is 0 Å². The molecule has 0 aliphatic rings. The Labute approximate surface area is 152 Å². The predicted octanol–water partition coefficient (Wildman–Crippen LogP) is 5.85. The Morgan fingerprint density at radius 1 is 1.04 bits per heavy atom. The van der Waals surface area contributed by atoms with Gasteiger partial charge in [0.15, 0.2) is 0 Å². The fourth-order valence-electron chi connectivity index (χ4n) is 2.65. The fourth-order valence-corrected chi connectivity index (χ4v) is 2.78. The first-order chi connectivity index (χ1) is 12.2. The average molecular weight is 356 g/mol. The molecule has 0 aliphatic heterocycles. The first kappa shape index (κ1) is 17.6. The van der Waals surface area contributed by atoms with E-state index in [2.05, 4.69) is 6.92 Å². The highest BCUT2D eigenvalue weighted by atomic mass is 35.5. The molecule has 0 aliphatic carbocycles. The Balaban J connectivity index is 2.15. The third-order valence-corrected chi connectivity index (χ3v) is 4.20. The zero-order valence-corrected chi connectivity index (χ0v) is 15.3. The number of fused-ring (bicyclic) bond motifs is 1. The van der Waals surface area contributed by atoms with Crippen molar-refractivity contribution in [2.75, 3.05) is 13.2 Å². The molecule has 0 spiro atoms. The van der Waals surface area contributed by atoms with E-state index in [0.29, 0.717) is 11.6 Å². The Bertz CT molecular complexity index is 913. The lowest BCUT2D eigenvalue weighted by atomic mass is 10.1. The Morgan fingerprint density at radius 2 is 1.84 bits per heavy atom. The number of ether oxygens (including phenoxy) is 1. The van der Waals surface area contributed by atoms with E-state index in [4.69, 9.17) is 25.7 Å². The second kappa shape index (κ2) is 8.21. The Kier molecular flexibility index (Phi) is 5.77. The summed E-state index contributed by atoms with van der Waals surface area (Å²) in [7, 11) is 0. The molecule has 130 valence electrons. The van der Waals surface area contributed by atoms with E-state index in [0.717, 1.165) is 52.8 Å². The number of rotatable bonds is 6. The van der Waals surface area contributed by atoms with Gasteiger partial charge in [0.05, 0.1) is 12.0 Å². The molecule has 0 amide bonds. The van der Waals surface area contributed by atoms with E-state index in [1.807, 2.05) is 55.5 Å². The van der Waals surface area contributed by atoms with Gasteiger partial charge >= 0.3 is 0 Å². The minimum absolute atomic E-state index is 0.633. The van der Waals surface area contributed by atoms with Crippen molar-refractivity contribution in [3.8, 4) is 17.1 Å². The molecule has 3 rings (SSSR count). The highest BCUT2D eigenvalue weighted by Crippen LogP contribution is 2.25. The van der Waals surface area contributed by atoms with Crippen molar-refractivity contribution in [2.45, 2.75) is 26.7 Å². The van der Waals surface area contributed by atoms with Crippen molar-refractivity contribution in [2.24, 2.45) is 4.99 Å². The van der Waals surface area contributed by atoms with Crippen LogP contribution in [0.2, 0.25) is 5.02 Å². The molecule has 2 aromatic carbocycles. The Morgan fingerprint density at radius 3 is 2.56 bits per heavy atom. The zero-order chi connectivity index (χ0) is 17.6. The lowest BCUT2D eigenvalue weighted by molar-refractivity contribution is 0.340. The van der Waals surface area contributed by atoms with E-state index in [1.165, 1.54) is 0 Å². The van der Waals surface area contributed by atoms with Gasteiger partial charge in [0.1, 0.15) is 17.1 Å². The van der Waals surface area contributed by atoms with Gasteiger partial charge in [-0.05, 0) is 55.8 Å². The monoisotopic (exact) mass is 355 g/mol. The molecule has 3 nitrogen and oxygen atoms in total. The highest BCUT2D eigenvalue weighted by Gasteiger charge is 2.07. The summed E-state index contributed by atoms with van der Waals surface area (Å²) in [5, 5.41) is 2.61. The molecule has 0 saturated carbocycles. The smallest absolute Gasteiger partial charge is 0.137 e. The van der Waals surface area contributed by atoms with Crippen LogP contribution >= 0.6 is 11.6 Å². The lowest BCUT2D eigenvalue weighted by Gasteiger charge is -2.08. The summed E-state index contributed by atoms with van der Waals surface area (Å²) < 4.78 is 11.7.